The van der Waals surface area contributed by atoms with Crippen molar-refractivity contribution in [3.05, 3.63) is 55.2 Å². The lowest BCUT2D eigenvalue weighted by atomic mass is 9.83. The summed E-state index contributed by atoms with van der Waals surface area (Å²) >= 11 is 0. The fraction of sp³-hybridized carbons (Fsp3) is 0.273. The molecule has 7 heteroatoms. The van der Waals surface area contributed by atoms with Crippen LogP contribution in [0.2, 0.25) is 0 Å². The third kappa shape index (κ3) is 2.20. The average molecular weight is 382 g/mol. The van der Waals surface area contributed by atoms with Crippen molar-refractivity contribution in [3.63, 3.8) is 0 Å². The topological polar surface area (TPSA) is 78.7 Å². The lowest BCUT2D eigenvalue weighted by molar-refractivity contribution is -0.123. The smallest absolute Gasteiger partial charge is 0.247 e. The Balaban J connectivity index is 1.47. The molecule has 1 atom stereocenters. The molecule has 0 aromatic carbocycles. The van der Waals surface area contributed by atoms with Gasteiger partial charge in [0.1, 0.15) is 5.41 Å². The molecule has 0 unspecified atom stereocenters. The van der Waals surface area contributed by atoms with Crippen molar-refractivity contribution < 1.29 is 4.79 Å². The number of anilines is 1. The number of hydrogen-bond donors (Lipinski definition) is 0. The Bertz CT molecular complexity index is 1320. The molecule has 5 heterocycles. The summed E-state index contributed by atoms with van der Waals surface area (Å²) in [5.74, 6) is 0.152. The van der Waals surface area contributed by atoms with Gasteiger partial charge in [-0.2, -0.15) is 10.4 Å². The number of carbonyl (C=O) groups excluding carboxylic acids is 1. The van der Waals surface area contributed by atoms with Crippen molar-refractivity contribution >= 4 is 22.6 Å². The van der Waals surface area contributed by atoms with E-state index in [1.807, 2.05) is 47.1 Å². The maximum Gasteiger partial charge on any atom is 0.247 e. The minimum atomic E-state index is -0.849. The highest BCUT2D eigenvalue weighted by molar-refractivity contribution is 6.05. The quantitative estimate of drug-likeness (QED) is 0.545. The zero-order valence-electron chi connectivity index (χ0n) is 15.7. The van der Waals surface area contributed by atoms with Gasteiger partial charge in [0.05, 0.1) is 41.0 Å². The number of pyridine rings is 1. The summed E-state index contributed by atoms with van der Waals surface area (Å²) in [5, 5.41) is 14.2. The van der Waals surface area contributed by atoms with Crippen LogP contribution in [0.3, 0.4) is 0 Å². The number of fused-ring (bicyclic) bond motifs is 2. The van der Waals surface area contributed by atoms with E-state index < -0.39 is 5.41 Å². The van der Waals surface area contributed by atoms with Crippen LogP contribution in [0.25, 0.3) is 22.3 Å². The number of rotatable bonds is 3. The van der Waals surface area contributed by atoms with Crippen LogP contribution in [-0.4, -0.2) is 31.5 Å². The zero-order valence-corrected chi connectivity index (χ0v) is 15.7. The molecule has 2 fully saturated rings. The van der Waals surface area contributed by atoms with Crippen LogP contribution in [0.1, 0.15) is 19.3 Å². The lowest BCUT2D eigenvalue weighted by Crippen LogP contribution is -2.35. The largest absolute Gasteiger partial charge is 0.309 e. The van der Waals surface area contributed by atoms with Gasteiger partial charge in [-0.1, -0.05) is 6.07 Å². The Morgan fingerprint density at radius 1 is 1.24 bits per heavy atom. The third-order valence-corrected chi connectivity index (χ3v) is 6.35. The van der Waals surface area contributed by atoms with Crippen molar-refractivity contribution in [1.82, 2.24) is 19.0 Å². The molecule has 1 saturated heterocycles. The molecular weight excluding hydrogens is 364 g/mol. The summed E-state index contributed by atoms with van der Waals surface area (Å²) in [4.78, 5) is 19.3. The van der Waals surface area contributed by atoms with Gasteiger partial charge in [-0.3, -0.25) is 9.20 Å². The standard InChI is InChI=1S/C22H18N6O/c23-13-22(16-4-5-16)7-9-26(21(22)29)19-6-8-25-28-12-15(10-20(19)28)18-3-1-2-17-11-24-14-27(17)18/h1-3,6,8,10-12,14,16H,4-5,7,9H2/t22-/m1/s1. The number of aromatic nitrogens is 4. The predicted molar refractivity (Wildman–Crippen MR) is 107 cm³/mol. The van der Waals surface area contributed by atoms with Gasteiger partial charge in [-0.25, -0.2) is 9.50 Å². The highest BCUT2D eigenvalue weighted by Gasteiger charge is 2.56. The van der Waals surface area contributed by atoms with Gasteiger partial charge in [0.15, 0.2) is 0 Å². The first kappa shape index (κ1) is 16.3. The van der Waals surface area contributed by atoms with Crippen LogP contribution < -0.4 is 4.90 Å². The Kier molecular flexibility index (Phi) is 3.19. The molecule has 0 N–H and O–H groups in total. The van der Waals surface area contributed by atoms with Crippen molar-refractivity contribution in [1.29, 1.82) is 5.26 Å². The minimum absolute atomic E-state index is 0.0601. The molecule has 1 aliphatic carbocycles. The van der Waals surface area contributed by atoms with Gasteiger partial charge in [0, 0.05) is 24.5 Å². The molecule has 29 heavy (non-hydrogen) atoms. The van der Waals surface area contributed by atoms with E-state index in [9.17, 15) is 10.1 Å². The van der Waals surface area contributed by atoms with Crippen LogP contribution >= 0.6 is 0 Å². The van der Waals surface area contributed by atoms with Crippen LogP contribution in [0.4, 0.5) is 5.69 Å². The van der Waals surface area contributed by atoms with Gasteiger partial charge < -0.3 is 4.90 Å². The van der Waals surface area contributed by atoms with E-state index in [-0.39, 0.29) is 11.8 Å². The van der Waals surface area contributed by atoms with Gasteiger partial charge in [-0.05, 0) is 49.4 Å². The van der Waals surface area contributed by atoms with Crippen LogP contribution in [-0.2, 0) is 4.79 Å². The van der Waals surface area contributed by atoms with E-state index in [2.05, 4.69) is 16.2 Å². The summed E-state index contributed by atoms with van der Waals surface area (Å²) in [6.07, 6.45) is 9.84. The van der Waals surface area contributed by atoms with Crippen molar-refractivity contribution in [2.75, 3.05) is 11.4 Å². The third-order valence-electron chi connectivity index (χ3n) is 6.35. The van der Waals surface area contributed by atoms with Crippen molar-refractivity contribution in [3.8, 4) is 17.3 Å². The van der Waals surface area contributed by atoms with Gasteiger partial charge in [-0.15, -0.1) is 0 Å². The zero-order chi connectivity index (χ0) is 19.6. The van der Waals surface area contributed by atoms with E-state index >= 15 is 0 Å². The highest BCUT2D eigenvalue weighted by Crippen LogP contribution is 2.52. The van der Waals surface area contributed by atoms with Crippen molar-refractivity contribution in [2.24, 2.45) is 11.3 Å². The summed E-state index contributed by atoms with van der Waals surface area (Å²) in [7, 11) is 0. The van der Waals surface area contributed by atoms with Gasteiger partial charge in [0.2, 0.25) is 5.91 Å². The number of amides is 1. The van der Waals surface area contributed by atoms with Crippen molar-refractivity contribution in [2.45, 2.75) is 19.3 Å². The van der Waals surface area contributed by atoms with E-state index in [1.54, 1.807) is 21.9 Å². The molecule has 0 radical (unpaired) electrons. The molecule has 0 spiro atoms. The monoisotopic (exact) mass is 382 g/mol. The molecule has 7 nitrogen and oxygen atoms in total. The fourth-order valence-corrected chi connectivity index (χ4v) is 4.67. The number of nitrogens with zero attached hydrogens (tertiary/aromatic N) is 6. The fourth-order valence-electron chi connectivity index (χ4n) is 4.67. The normalized spacial score (nSPS) is 21.9. The maximum atomic E-state index is 13.3. The molecule has 0 bridgehead atoms. The molecule has 142 valence electrons. The Morgan fingerprint density at radius 2 is 2.14 bits per heavy atom. The van der Waals surface area contributed by atoms with Crippen LogP contribution in [0.15, 0.2) is 55.2 Å². The first-order valence-corrected chi connectivity index (χ1v) is 9.83. The lowest BCUT2D eigenvalue weighted by Gasteiger charge is -2.21. The molecule has 4 aromatic rings. The first-order chi connectivity index (χ1) is 14.2. The second-order valence-corrected chi connectivity index (χ2v) is 7.94. The molecule has 2 aliphatic rings. The van der Waals surface area contributed by atoms with E-state index in [1.165, 1.54) is 0 Å². The Morgan fingerprint density at radius 3 is 2.97 bits per heavy atom. The SMILES string of the molecule is N#C[C@@]1(C2CC2)CCN(c2ccnn3cc(-c4cccc5cncn45)cc23)C1=O. The van der Waals surface area contributed by atoms with E-state index in [4.69, 9.17) is 0 Å². The van der Waals surface area contributed by atoms with E-state index in [0.717, 1.165) is 40.8 Å². The number of carbonyl (C=O) groups is 1. The summed E-state index contributed by atoms with van der Waals surface area (Å²) < 4.78 is 3.83. The molecule has 1 saturated carbocycles. The maximum absolute atomic E-state index is 13.3. The summed E-state index contributed by atoms with van der Waals surface area (Å²) in [6.45, 7) is 0.570. The number of nitriles is 1. The minimum Gasteiger partial charge on any atom is -0.309 e. The van der Waals surface area contributed by atoms with Gasteiger partial charge >= 0.3 is 0 Å². The van der Waals surface area contributed by atoms with Crippen LogP contribution in [0, 0.1) is 22.7 Å². The summed E-state index contributed by atoms with van der Waals surface area (Å²) in [5.41, 5.74) is 3.84. The van der Waals surface area contributed by atoms with Crippen LogP contribution in [0.5, 0.6) is 0 Å². The highest BCUT2D eigenvalue weighted by atomic mass is 16.2. The van der Waals surface area contributed by atoms with Gasteiger partial charge in [0.25, 0.3) is 0 Å². The molecule has 1 amide bonds. The molecule has 4 aromatic heterocycles. The second kappa shape index (κ2) is 5.67. The number of imidazole rings is 1. The van der Waals surface area contributed by atoms with E-state index in [0.29, 0.717) is 13.0 Å². The average Bonchev–Trinajstić information content (AvgIpc) is 3.19. The molecule has 1 aliphatic heterocycles. The predicted octanol–water partition coefficient (Wildman–Crippen LogP) is 3.31. The Labute approximate surface area is 166 Å². The molecule has 6 rings (SSSR count). The molecular formula is C22H18N6O. The number of hydrogen-bond acceptors (Lipinski definition) is 4. The first-order valence-electron chi connectivity index (χ1n) is 9.83. The Hall–Kier alpha value is -3.66. The second-order valence-electron chi connectivity index (χ2n) is 7.94. The summed E-state index contributed by atoms with van der Waals surface area (Å²) in [6, 6.07) is 12.3.